The van der Waals surface area contributed by atoms with E-state index in [1.807, 2.05) is 17.5 Å². The van der Waals surface area contributed by atoms with Crippen molar-refractivity contribution in [3.8, 4) is 0 Å². The Morgan fingerprint density at radius 3 is 3.07 bits per heavy atom. The quantitative estimate of drug-likeness (QED) is 0.828. The number of aromatic amines is 1. The fraction of sp³-hybridized carbons (Fsp3) is 0.400. The highest BCUT2D eigenvalue weighted by atomic mass is 32.1. The van der Waals surface area contributed by atoms with Crippen molar-refractivity contribution in [1.29, 1.82) is 0 Å². The number of aromatic nitrogens is 3. The van der Waals surface area contributed by atoms with Crippen LogP contribution in [0.3, 0.4) is 0 Å². The van der Waals surface area contributed by atoms with Gasteiger partial charge in [-0.3, -0.25) is 5.10 Å². The zero-order chi connectivity index (χ0) is 10.3. The Labute approximate surface area is 91.5 Å². The molecule has 0 amide bonds. The Bertz CT molecular complexity index is 444. The summed E-state index contributed by atoms with van der Waals surface area (Å²) in [5, 5.41) is 9.17. The molecule has 2 heterocycles. The second-order valence-electron chi connectivity index (χ2n) is 3.85. The smallest absolute Gasteiger partial charge is 0.172 e. The van der Waals surface area contributed by atoms with Gasteiger partial charge in [0.05, 0.1) is 0 Å². The Balaban J connectivity index is 1.85. The summed E-state index contributed by atoms with van der Waals surface area (Å²) in [5.41, 5.74) is 6.06. The molecule has 15 heavy (non-hydrogen) atoms. The van der Waals surface area contributed by atoms with Crippen LogP contribution in [0, 0.1) is 0 Å². The SMILES string of the molecule is NC(c1n[nH]c(C2CC2)n1)c1cccs1. The molecule has 1 fully saturated rings. The fourth-order valence-corrected chi connectivity index (χ4v) is 2.29. The first-order chi connectivity index (χ1) is 7.34. The van der Waals surface area contributed by atoms with E-state index in [9.17, 15) is 0 Å². The molecule has 78 valence electrons. The average molecular weight is 220 g/mol. The first-order valence-electron chi connectivity index (χ1n) is 5.06. The van der Waals surface area contributed by atoms with Gasteiger partial charge in [0.1, 0.15) is 11.9 Å². The summed E-state index contributed by atoms with van der Waals surface area (Å²) in [6, 6.07) is 3.82. The van der Waals surface area contributed by atoms with E-state index >= 15 is 0 Å². The lowest BCUT2D eigenvalue weighted by molar-refractivity contribution is 0.801. The summed E-state index contributed by atoms with van der Waals surface area (Å²) < 4.78 is 0. The van der Waals surface area contributed by atoms with E-state index in [-0.39, 0.29) is 6.04 Å². The van der Waals surface area contributed by atoms with Crippen LogP contribution in [0.1, 0.15) is 41.3 Å². The molecule has 0 aromatic carbocycles. The van der Waals surface area contributed by atoms with Crippen LogP contribution in [0.15, 0.2) is 17.5 Å². The van der Waals surface area contributed by atoms with Crippen LogP contribution in [-0.4, -0.2) is 15.2 Å². The lowest BCUT2D eigenvalue weighted by atomic mass is 10.2. The Morgan fingerprint density at radius 1 is 1.53 bits per heavy atom. The summed E-state index contributed by atoms with van der Waals surface area (Å²) in [6.07, 6.45) is 2.45. The van der Waals surface area contributed by atoms with Crippen molar-refractivity contribution in [2.75, 3.05) is 0 Å². The largest absolute Gasteiger partial charge is 0.317 e. The molecule has 1 saturated carbocycles. The predicted octanol–water partition coefficient (Wildman–Crippen LogP) is 1.79. The first-order valence-corrected chi connectivity index (χ1v) is 5.94. The third-order valence-corrected chi connectivity index (χ3v) is 3.57. The van der Waals surface area contributed by atoms with Gasteiger partial charge in [-0.2, -0.15) is 5.10 Å². The van der Waals surface area contributed by atoms with Crippen molar-refractivity contribution >= 4 is 11.3 Å². The van der Waals surface area contributed by atoms with E-state index in [2.05, 4.69) is 15.2 Å². The molecule has 2 aromatic rings. The van der Waals surface area contributed by atoms with Gasteiger partial charge in [-0.1, -0.05) is 6.07 Å². The minimum atomic E-state index is -0.186. The molecule has 3 rings (SSSR count). The maximum absolute atomic E-state index is 6.06. The van der Waals surface area contributed by atoms with Crippen LogP contribution < -0.4 is 5.73 Å². The van der Waals surface area contributed by atoms with Crippen LogP contribution in [0.25, 0.3) is 0 Å². The zero-order valence-electron chi connectivity index (χ0n) is 8.18. The summed E-state index contributed by atoms with van der Waals surface area (Å²) >= 11 is 1.64. The van der Waals surface area contributed by atoms with Crippen LogP contribution >= 0.6 is 11.3 Å². The number of hydrogen-bond acceptors (Lipinski definition) is 4. The Hall–Kier alpha value is -1.20. The molecule has 1 atom stereocenters. The number of nitrogens with zero attached hydrogens (tertiary/aromatic N) is 2. The number of hydrogen-bond donors (Lipinski definition) is 2. The van der Waals surface area contributed by atoms with Crippen molar-refractivity contribution in [2.24, 2.45) is 5.73 Å². The molecular formula is C10H12N4S. The van der Waals surface area contributed by atoms with Gasteiger partial charge >= 0.3 is 0 Å². The van der Waals surface area contributed by atoms with E-state index in [4.69, 9.17) is 5.73 Å². The molecular weight excluding hydrogens is 208 g/mol. The van der Waals surface area contributed by atoms with Crippen LogP contribution in [0.5, 0.6) is 0 Å². The highest BCUT2D eigenvalue weighted by Gasteiger charge is 2.28. The summed E-state index contributed by atoms with van der Waals surface area (Å²) in [4.78, 5) is 5.55. The summed E-state index contributed by atoms with van der Waals surface area (Å²) in [6.45, 7) is 0. The molecule has 4 nitrogen and oxygen atoms in total. The first kappa shape index (κ1) is 9.06. The molecule has 3 N–H and O–H groups in total. The molecule has 0 bridgehead atoms. The Morgan fingerprint density at radius 2 is 2.40 bits per heavy atom. The number of rotatable bonds is 3. The third kappa shape index (κ3) is 1.68. The van der Waals surface area contributed by atoms with E-state index < -0.39 is 0 Å². The van der Waals surface area contributed by atoms with Gasteiger partial charge in [-0.05, 0) is 24.3 Å². The maximum Gasteiger partial charge on any atom is 0.172 e. The standard InChI is InChI=1S/C10H12N4S/c11-8(7-2-1-5-15-7)10-12-9(13-14-10)6-3-4-6/h1-2,5-6,8H,3-4,11H2,(H,12,13,14). The average Bonchev–Trinajstić information content (AvgIpc) is 2.83. The van der Waals surface area contributed by atoms with Gasteiger partial charge in [0.15, 0.2) is 5.82 Å². The molecule has 0 radical (unpaired) electrons. The molecule has 0 spiro atoms. The third-order valence-electron chi connectivity index (χ3n) is 2.61. The molecule has 1 aliphatic carbocycles. The number of nitrogens with two attached hydrogens (primary N) is 1. The maximum atomic E-state index is 6.06. The number of nitrogens with one attached hydrogen (secondary N) is 1. The molecule has 1 aliphatic rings. The van der Waals surface area contributed by atoms with Crippen LogP contribution in [0.4, 0.5) is 0 Å². The highest BCUT2D eigenvalue weighted by molar-refractivity contribution is 7.10. The number of thiophene rings is 1. The molecule has 0 aliphatic heterocycles. The van der Waals surface area contributed by atoms with Crippen molar-refractivity contribution in [3.05, 3.63) is 34.0 Å². The fourth-order valence-electron chi connectivity index (χ4n) is 1.56. The van der Waals surface area contributed by atoms with E-state index in [1.54, 1.807) is 11.3 Å². The highest BCUT2D eigenvalue weighted by Crippen LogP contribution is 2.38. The Kier molecular flexibility index (Phi) is 2.07. The van der Waals surface area contributed by atoms with Gasteiger partial charge in [0, 0.05) is 10.8 Å². The monoisotopic (exact) mass is 220 g/mol. The molecule has 1 unspecified atom stereocenters. The van der Waals surface area contributed by atoms with E-state index in [0.29, 0.717) is 11.7 Å². The van der Waals surface area contributed by atoms with Crippen molar-refractivity contribution in [1.82, 2.24) is 15.2 Å². The van der Waals surface area contributed by atoms with Gasteiger partial charge in [0.2, 0.25) is 0 Å². The summed E-state index contributed by atoms with van der Waals surface area (Å²) in [5.74, 6) is 2.30. The second kappa shape index (κ2) is 3.43. The number of H-pyrrole nitrogens is 1. The van der Waals surface area contributed by atoms with E-state index in [1.165, 1.54) is 12.8 Å². The second-order valence-corrected chi connectivity index (χ2v) is 4.83. The lowest BCUT2D eigenvalue weighted by Gasteiger charge is -2.02. The van der Waals surface area contributed by atoms with Crippen molar-refractivity contribution in [3.63, 3.8) is 0 Å². The van der Waals surface area contributed by atoms with Gasteiger partial charge in [0.25, 0.3) is 0 Å². The van der Waals surface area contributed by atoms with Crippen LogP contribution in [-0.2, 0) is 0 Å². The molecule has 5 heteroatoms. The van der Waals surface area contributed by atoms with E-state index in [0.717, 1.165) is 10.7 Å². The summed E-state index contributed by atoms with van der Waals surface area (Å²) in [7, 11) is 0. The van der Waals surface area contributed by atoms with Gasteiger partial charge in [-0.25, -0.2) is 4.98 Å². The van der Waals surface area contributed by atoms with Gasteiger partial charge in [-0.15, -0.1) is 11.3 Å². The normalized spacial score (nSPS) is 17.9. The van der Waals surface area contributed by atoms with Gasteiger partial charge < -0.3 is 5.73 Å². The van der Waals surface area contributed by atoms with Crippen molar-refractivity contribution in [2.45, 2.75) is 24.8 Å². The zero-order valence-corrected chi connectivity index (χ0v) is 9.00. The van der Waals surface area contributed by atoms with Crippen LogP contribution in [0.2, 0.25) is 0 Å². The predicted molar refractivity (Wildman–Crippen MR) is 58.7 cm³/mol. The topological polar surface area (TPSA) is 67.6 Å². The van der Waals surface area contributed by atoms with Crippen molar-refractivity contribution < 1.29 is 0 Å². The minimum Gasteiger partial charge on any atom is -0.317 e. The lowest BCUT2D eigenvalue weighted by Crippen LogP contribution is -2.12. The molecule has 2 aromatic heterocycles. The minimum absolute atomic E-state index is 0.186. The molecule has 0 saturated heterocycles.